The molecule has 2 heterocycles. The molecule has 2 aliphatic heterocycles. The molecule has 122 valence electrons. The highest BCUT2D eigenvalue weighted by molar-refractivity contribution is 5.43. The molecule has 4 heteroatoms. The average molecular weight is 304 g/mol. The number of nitrogens with zero attached hydrogens (tertiary/aromatic N) is 1. The highest BCUT2D eigenvalue weighted by atomic mass is 16.5. The molecular formula is C18H28N2O2. The predicted molar refractivity (Wildman–Crippen MR) is 88.6 cm³/mol. The number of ether oxygens (including phenoxy) is 2. The molecule has 1 saturated heterocycles. The van der Waals surface area contributed by atoms with Gasteiger partial charge in [0.25, 0.3) is 0 Å². The fourth-order valence-corrected chi connectivity index (χ4v) is 3.42. The second-order valence-corrected chi connectivity index (χ2v) is 7.07. The Balaban J connectivity index is 1.70. The smallest absolute Gasteiger partial charge is 0.127 e. The highest BCUT2D eigenvalue weighted by Gasteiger charge is 2.42. The molecule has 0 radical (unpaired) electrons. The largest absolute Gasteiger partial charge is 0.493 e. The first-order valence-electron chi connectivity index (χ1n) is 8.47. The van der Waals surface area contributed by atoms with E-state index in [2.05, 4.69) is 36.9 Å². The van der Waals surface area contributed by atoms with E-state index in [-0.39, 0.29) is 5.60 Å². The molecule has 1 unspecified atom stereocenters. The molecule has 2 aliphatic rings. The van der Waals surface area contributed by atoms with Crippen LogP contribution in [0, 0.1) is 5.92 Å². The summed E-state index contributed by atoms with van der Waals surface area (Å²) in [4.78, 5) is 2.42. The van der Waals surface area contributed by atoms with Crippen LogP contribution in [0.2, 0.25) is 0 Å². The fourth-order valence-electron chi connectivity index (χ4n) is 3.42. The minimum absolute atomic E-state index is 0.0150. The van der Waals surface area contributed by atoms with E-state index in [0.29, 0.717) is 5.92 Å². The van der Waals surface area contributed by atoms with Gasteiger partial charge in [0.2, 0.25) is 0 Å². The SMILES string of the molecule is CC(C)COc1ccc2c(c1)OC1(CC2)CCN(CCN)C1. The van der Waals surface area contributed by atoms with E-state index in [4.69, 9.17) is 15.2 Å². The van der Waals surface area contributed by atoms with Crippen LogP contribution in [-0.2, 0) is 6.42 Å². The van der Waals surface area contributed by atoms with Crippen molar-refractivity contribution in [3.05, 3.63) is 23.8 Å². The molecule has 3 rings (SSSR count). The third kappa shape index (κ3) is 3.39. The van der Waals surface area contributed by atoms with Gasteiger partial charge in [-0.3, -0.25) is 4.90 Å². The molecule has 1 atom stereocenters. The van der Waals surface area contributed by atoms with E-state index in [0.717, 1.165) is 63.5 Å². The van der Waals surface area contributed by atoms with Gasteiger partial charge in [0.05, 0.1) is 6.61 Å². The first-order chi connectivity index (χ1) is 10.6. The first-order valence-corrected chi connectivity index (χ1v) is 8.47. The highest BCUT2D eigenvalue weighted by Crippen LogP contribution is 2.40. The van der Waals surface area contributed by atoms with E-state index in [1.807, 2.05) is 0 Å². The molecule has 0 bridgehead atoms. The Bertz CT molecular complexity index is 518. The number of benzene rings is 1. The molecule has 2 N–H and O–H groups in total. The summed E-state index contributed by atoms with van der Waals surface area (Å²) in [6.07, 6.45) is 3.30. The molecule has 0 aliphatic carbocycles. The Morgan fingerprint density at radius 1 is 1.36 bits per heavy atom. The second kappa shape index (κ2) is 6.47. The van der Waals surface area contributed by atoms with Crippen molar-refractivity contribution in [1.29, 1.82) is 0 Å². The molecule has 1 aromatic rings. The Morgan fingerprint density at radius 3 is 3.00 bits per heavy atom. The van der Waals surface area contributed by atoms with Crippen LogP contribution in [0.1, 0.15) is 32.3 Å². The van der Waals surface area contributed by atoms with Crippen molar-refractivity contribution >= 4 is 0 Å². The van der Waals surface area contributed by atoms with Crippen molar-refractivity contribution < 1.29 is 9.47 Å². The first kappa shape index (κ1) is 15.6. The molecule has 0 aromatic heterocycles. The van der Waals surface area contributed by atoms with Crippen LogP contribution < -0.4 is 15.2 Å². The Labute approximate surface area is 133 Å². The number of likely N-dealkylation sites (tertiary alicyclic amines) is 1. The van der Waals surface area contributed by atoms with Crippen LogP contribution in [-0.4, -0.2) is 43.3 Å². The van der Waals surface area contributed by atoms with E-state index in [9.17, 15) is 0 Å². The van der Waals surface area contributed by atoms with E-state index >= 15 is 0 Å². The number of nitrogens with two attached hydrogens (primary N) is 1. The summed E-state index contributed by atoms with van der Waals surface area (Å²) in [7, 11) is 0. The Morgan fingerprint density at radius 2 is 2.23 bits per heavy atom. The summed E-state index contributed by atoms with van der Waals surface area (Å²) in [5.74, 6) is 2.46. The summed E-state index contributed by atoms with van der Waals surface area (Å²) in [6, 6.07) is 6.30. The fraction of sp³-hybridized carbons (Fsp3) is 0.667. The van der Waals surface area contributed by atoms with Gasteiger partial charge in [0.1, 0.15) is 17.1 Å². The maximum atomic E-state index is 6.44. The Hall–Kier alpha value is -1.26. The third-order valence-electron chi connectivity index (χ3n) is 4.64. The summed E-state index contributed by atoms with van der Waals surface area (Å²) in [5, 5.41) is 0. The minimum Gasteiger partial charge on any atom is -0.493 e. The van der Waals surface area contributed by atoms with Gasteiger partial charge < -0.3 is 15.2 Å². The normalized spacial score (nSPS) is 24.5. The van der Waals surface area contributed by atoms with Crippen molar-refractivity contribution in [3.8, 4) is 11.5 Å². The lowest BCUT2D eigenvalue weighted by atomic mass is 9.90. The molecule has 1 fully saturated rings. The Kier molecular flexibility index (Phi) is 4.59. The van der Waals surface area contributed by atoms with Gasteiger partial charge in [-0.1, -0.05) is 19.9 Å². The number of fused-ring (bicyclic) bond motifs is 1. The van der Waals surface area contributed by atoms with Crippen molar-refractivity contribution in [3.63, 3.8) is 0 Å². The number of rotatable bonds is 5. The van der Waals surface area contributed by atoms with Crippen LogP contribution in [0.5, 0.6) is 11.5 Å². The van der Waals surface area contributed by atoms with Crippen molar-refractivity contribution in [2.75, 3.05) is 32.8 Å². The topological polar surface area (TPSA) is 47.7 Å². The number of hydrogen-bond donors (Lipinski definition) is 1. The van der Waals surface area contributed by atoms with Gasteiger partial charge in [0, 0.05) is 38.7 Å². The molecule has 1 aromatic carbocycles. The predicted octanol–water partition coefficient (Wildman–Crippen LogP) is 2.45. The van der Waals surface area contributed by atoms with Gasteiger partial charge in [-0.15, -0.1) is 0 Å². The molecule has 22 heavy (non-hydrogen) atoms. The third-order valence-corrected chi connectivity index (χ3v) is 4.64. The maximum absolute atomic E-state index is 6.44. The molecule has 0 amide bonds. The average Bonchev–Trinajstić information content (AvgIpc) is 2.87. The molecule has 4 nitrogen and oxygen atoms in total. The van der Waals surface area contributed by atoms with Gasteiger partial charge in [0.15, 0.2) is 0 Å². The standard InChI is InChI=1S/C18H28N2O2/c1-14(2)12-21-16-4-3-15-5-6-18(22-17(15)11-16)7-9-20(13-18)10-8-19/h3-4,11,14H,5-10,12-13,19H2,1-2H3. The summed E-state index contributed by atoms with van der Waals surface area (Å²) in [6.45, 7) is 8.85. The van der Waals surface area contributed by atoms with Gasteiger partial charge >= 0.3 is 0 Å². The summed E-state index contributed by atoms with van der Waals surface area (Å²) >= 11 is 0. The van der Waals surface area contributed by atoms with Gasteiger partial charge in [-0.2, -0.15) is 0 Å². The van der Waals surface area contributed by atoms with E-state index in [1.54, 1.807) is 0 Å². The quantitative estimate of drug-likeness (QED) is 0.908. The summed E-state index contributed by atoms with van der Waals surface area (Å²) < 4.78 is 12.3. The van der Waals surface area contributed by atoms with Crippen molar-refractivity contribution in [2.24, 2.45) is 11.7 Å². The zero-order valence-electron chi connectivity index (χ0n) is 13.8. The lowest BCUT2D eigenvalue weighted by Gasteiger charge is -2.36. The van der Waals surface area contributed by atoms with Crippen molar-refractivity contribution in [2.45, 2.75) is 38.7 Å². The lowest BCUT2D eigenvalue weighted by Crippen LogP contribution is -2.43. The zero-order chi connectivity index (χ0) is 15.6. The van der Waals surface area contributed by atoms with Crippen LogP contribution in [0.4, 0.5) is 0 Å². The summed E-state index contributed by atoms with van der Waals surface area (Å²) in [5.41, 5.74) is 6.97. The molecular weight excluding hydrogens is 276 g/mol. The van der Waals surface area contributed by atoms with Crippen LogP contribution >= 0.6 is 0 Å². The van der Waals surface area contributed by atoms with Crippen LogP contribution in [0.25, 0.3) is 0 Å². The van der Waals surface area contributed by atoms with Crippen LogP contribution in [0.15, 0.2) is 18.2 Å². The lowest BCUT2D eigenvalue weighted by molar-refractivity contribution is 0.0545. The monoisotopic (exact) mass is 304 g/mol. The maximum Gasteiger partial charge on any atom is 0.127 e. The molecule has 0 saturated carbocycles. The zero-order valence-corrected chi connectivity index (χ0v) is 13.8. The minimum atomic E-state index is -0.0150. The van der Waals surface area contributed by atoms with Gasteiger partial charge in [-0.05, 0) is 30.4 Å². The van der Waals surface area contributed by atoms with Gasteiger partial charge in [-0.25, -0.2) is 0 Å². The van der Waals surface area contributed by atoms with Crippen molar-refractivity contribution in [1.82, 2.24) is 4.90 Å². The molecule has 1 spiro atoms. The van der Waals surface area contributed by atoms with E-state index in [1.165, 1.54) is 5.56 Å². The number of aryl methyl sites for hydroxylation is 1. The number of hydrogen-bond acceptors (Lipinski definition) is 4. The van der Waals surface area contributed by atoms with E-state index < -0.39 is 0 Å². The van der Waals surface area contributed by atoms with Crippen LogP contribution in [0.3, 0.4) is 0 Å². The second-order valence-electron chi connectivity index (χ2n) is 7.07.